The highest BCUT2D eigenvalue weighted by atomic mass is 16.5. The van der Waals surface area contributed by atoms with Crippen molar-refractivity contribution in [2.75, 3.05) is 6.61 Å². The zero-order valence-electron chi connectivity index (χ0n) is 8.96. The fraction of sp³-hybridized carbons (Fsp3) is 1.00. The minimum Gasteiger partial charge on any atom is -0.376 e. The maximum atomic E-state index is 6.09. The standard InChI is InChI=1S/C11H23NO/c1-3-4-5-6-10(12)11-9(2)7-8-13-11/h9-11H,3-8,12H2,1-2H3. The molecule has 1 fully saturated rings. The Hall–Kier alpha value is -0.0800. The SMILES string of the molecule is CCCCCC(N)C1OCCC1C. The topological polar surface area (TPSA) is 35.2 Å². The fourth-order valence-electron chi connectivity index (χ4n) is 2.06. The molecule has 0 aromatic heterocycles. The van der Waals surface area contributed by atoms with Gasteiger partial charge in [0.25, 0.3) is 0 Å². The van der Waals surface area contributed by atoms with Gasteiger partial charge in [0.1, 0.15) is 0 Å². The molecule has 0 aromatic rings. The first-order valence-corrected chi connectivity index (χ1v) is 5.63. The van der Waals surface area contributed by atoms with Crippen LogP contribution >= 0.6 is 0 Å². The molecule has 2 nitrogen and oxygen atoms in total. The predicted octanol–water partition coefficient (Wildman–Crippen LogP) is 2.32. The summed E-state index contributed by atoms with van der Waals surface area (Å²) in [5.41, 5.74) is 6.09. The molecule has 3 unspecified atom stereocenters. The Bertz CT molecular complexity index is 138. The summed E-state index contributed by atoms with van der Waals surface area (Å²) in [4.78, 5) is 0. The van der Waals surface area contributed by atoms with E-state index < -0.39 is 0 Å². The van der Waals surface area contributed by atoms with Crippen molar-refractivity contribution < 1.29 is 4.74 Å². The monoisotopic (exact) mass is 185 g/mol. The fourth-order valence-corrected chi connectivity index (χ4v) is 2.06. The van der Waals surface area contributed by atoms with Gasteiger partial charge in [-0.3, -0.25) is 0 Å². The van der Waals surface area contributed by atoms with E-state index in [0.717, 1.165) is 13.0 Å². The highest BCUT2D eigenvalue weighted by Crippen LogP contribution is 2.24. The molecule has 3 atom stereocenters. The van der Waals surface area contributed by atoms with Crippen LogP contribution in [0.5, 0.6) is 0 Å². The van der Waals surface area contributed by atoms with E-state index in [0.29, 0.717) is 12.0 Å². The largest absolute Gasteiger partial charge is 0.376 e. The van der Waals surface area contributed by atoms with Gasteiger partial charge in [0.15, 0.2) is 0 Å². The Morgan fingerprint density at radius 3 is 2.77 bits per heavy atom. The van der Waals surface area contributed by atoms with Gasteiger partial charge in [-0.15, -0.1) is 0 Å². The van der Waals surface area contributed by atoms with Gasteiger partial charge >= 0.3 is 0 Å². The second kappa shape index (κ2) is 5.61. The van der Waals surface area contributed by atoms with Crippen LogP contribution in [-0.4, -0.2) is 18.8 Å². The molecule has 0 aromatic carbocycles. The van der Waals surface area contributed by atoms with E-state index >= 15 is 0 Å². The lowest BCUT2D eigenvalue weighted by atomic mass is 9.94. The summed E-state index contributed by atoms with van der Waals surface area (Å²) in [6.07, 6.45) is 6.47. The van der Waals surface area contributed by atoms with Crippen LogP contribution < -0.4 is 5.73 Å². The summed E-state index contributed by atoms with van der Waals surface area (Å²) in [7, 11) is 0. The normalized spacial score (nSPS) is 30.7. The van der Waals surface area contributed by atoms with Crippen LogP contribution in [0.4, 0.5) is 0 Å². The van der Waals surface area contributed by atoms with E-state index in [4.69, 9.17) is 10.5 Å². The minimum absolute atomic E-state index is 0.268. The summed E-state index contributed by atoms with van der Waals surface area (Å²) in [5, 5.41) is 0. The first kappa shape index (κ1) is 11.0. The number of ether oxygens (including phenoxy) is 1. The van der Waals surface area contributed by atoms with Crippen molar-refractivity contribution in [2.24, 2.45) is 11.7 Å². The van der Waals surface area contributed by atoms with Crippen LogP contribution in [0.1, 0.15) is 46.0 Å². The number of nitrogens with two attached hydrogens (primary N) is 1. The maximum absolute atomic E-state index is 6.09. The Morgan fingerprint density at radius 1 is 1.46 bits per heavy atom. The molecule has 1 saturated heterocycles. The molecule has 2 N–H and O–H groups in total. The van der Waals surface area contributed by atoms with E-state index in [1.165, 1.54) is 25.7 Å². The number of hydrogen-bond acceptors (Lipinski definition) is 2. The minimum atomic E-state index is 0.268. The van der Waals surface area contributed by atoms with Crippen molar-refractivity contribution in [3.8, 4) is 0 Å². The lowest BCUT2D eigenvalue weighted by molar-refractivity contribution is 0.0694. The first-order chi connectivity index (χ1) is 6.25. The molecule has 1 heterocycles. The maximum Gasteiger partial charge on any atom is 0.0752 e. The van der Waals surface area contributed by atoms with E-state index in [-0.39, 0.29) is 6.04 Å². The molecule has 0 aliphatic carbocycles. The highest BCUT2D eigenvalue weighted by molar-refractivity contribution is 4.82. The summed E-state index contributed by atoms with van der Waals surface area (Å²) in [6, 6.07) is 0.268. The molecule has 0 saturated carbocycles. The molecule has 78 valence electrons. The van der Waals surface area contributed by atoms with Crippen molar-refractivity contribution >= 4 is 0 Å². The molecular weight excluding hydrogens is 162 g/mol. The Morgan fingerprint density at radius 2 is 2.23 bits per heavy atom. The quantitative estimate of drug-likeness (QED) is 0.667. The third-order valence-electron chi connectivity index (χ3n) is 3.01. The summed E-state index contributed by atoms with van der Waals surface area (Å²) in [6.45, 7) is 5.38. The molecule has 1 aliphatic rings. The molecule has 2 heteroatoms. The lowest BCUT2D eigenvalue weighted by Gasteiger charge is -2.22. The zero-order chi connectivity index (χ0) is 9.68. The van der Waals surface area contributed by atoms with Gasteiger partial charge in [0, 0.05) is 12.6 Å². The number of rotatable bonds is 5. The van der Waals surface area contributed by atoms with Gasteiger partial charge < -0.3 is 10.5 Å². The van der Waals surface area contributed by atoms with Crippen LogP contribution in [0.2, 0.25) is 0 Å². The van der Waals surface area contributed by atoms with Gasteiger partial charge in [0.05, 0.1) is 6.10 Å². The van der Waals surface area contributed by atoms with Crippen LogP contribution in [0.25, 0.3) is 0 Å². The Balaban J connectivity index is 2.18. The zero-order valence-corrected chi connectivity index (χ0v) is 8.96. The van der Waals surface area contributed by atoms with E-state index in [2.05, 4.69) is 13.8 Å². The third-order valence-corrected chi connectivity index (χ3v) is 3.01. The molecule has 1 aliphatic heterocycles. The van der Waals surface area contributed by atoms with Crippen molar-refractivity contribution in [1.29, 1.82) is 0 Å². The van der Waals surface area contributed by atoms with Crippen molar-refractivity contribution in [1.82, 2.24) is 0 Å². The second-order valence-electron chi connectivity index (χ2n) is 4.26. The molecule has 0 bridgehead atoms. The van der Waals surface area contributed by atoms with E-state index in [1.54, 1.807) is 0 Å². The Labute approximate surface area is 81.8 Å². The van der Waals surface area contributed by atoms with Crippen LogP contribution in [0.15, 0.2) is 0 Å². The number of unbranched alkanes of at least 4 members (excludes halogenated alkanes) is 2. The van der Waals surface area contributed by atoms with Gasteiger partial charge in [-0.25, -0.2) is 0 Å². The van der Waals surface area contributed by atoms with Crippen molar-refractivity contribution in [3.63, 3.8) is 0 Å². The molecule has 0 spiro atoms. The highest BCUT2D eigenvalue weighted by Gasteiger charge is 2.29. The third kappa shape index (κ3) is 3.28. The molecule has 0 amide bonds. The van der Waals surface area contributed by atoms with Crippen LogP contribution in [0, 0.1) is 5.92 Å². The van der Waals surface area contributed by atoms with Crippen molar-refractivity contribution in [3.05, 3.63) is 0 Å². The molecule has 13 heavy (non-hydrogen) atoms. The van der Waals surface area contributed by atoms with Gasteiger partial charge in [-0.05, 0) is 18.8 Å². The summed E-state index contributed by atoms with van der Waals surface area (Å²) >= 11 is 0. The van der Waals surface area contributed by atoms with Gasteiger partial charge in [0.2, 0.25) is 0 Å². The predicted molar refractivity (Wildman–Crippen MR) is 55.6 cm³/mol. The molecule has 1 rings (SSSR count). The van der Waals surface area contributed by atoms with Crippen LogP contribution in [-0.2, 0) is 4.74 Å². The van der Waals surface area contributed by atoms with Gasteiger partial charge in [-0.1, -0.05) is 33.1 Å². The lowest BCUT2D eigenvalue weighted by Crippen LogP contribution is -2.37. The summed E-state index contributed by atoms with van der Waals surface area (Å²) in [5.74, 6) is 0.664. The number of hydrogen-bond donors (Lipinski definition) is 1. The molecule has 0 radical (unpaired) electrons. The molecular formula is C11H23NO. The average Bonchev–Trinajstić information content (AvgIpc) is 2.52. The van der Waals surface area contributed by atoms with Crippen molar-refractivity contribution in [2.45, 2.75) is 58.1 Å². The van der Waals surface area contributed by atoms with E-state index in [1.807, 2.05) is 0 Å². The van der Waals surface area contributed by atoms with Crippen LogP contribution in [0.3, 0.4) is 0 Å². The first-order valence-electron chi connectivity index (χ1n) is 5.63. The van der Waals surface area contributed by atoms with Gasteiger partial charge in [-0.2, -0.15) is 0 Å². The second-order valence-corrected chi connectivity index (χ2v) is 4.26. The average molecular weight is 185 g/mol. The van der Waals surface area contributed by atoms with E-state index in [9.17, 15) is 0 Å². The smallest absolute Gasteiger partial charge is 0.0752 e. The Kier molecular flexibility index (Phi) is 4.74. The summed E-state index contributed by atoms with van der Waals surface area (Å²) < 4.78 is 5.63.